The number of rotatable bonds is 6. The number of nitrogens with two attached hydrogens (primary N) is 1. The van der Waals surface area contributed by atoms with Crippen molar-refractivity contribution in [2.24, 2.45) is 17.6 Å². The van der Waals surface area contributed by atoms with Crippen LogP contribution in [0, 0.1) is 11.8 Å². The van der Waals surface area contributed by atoms with Crippen LogP contribution in [-0.4, -0.2) is 30.6 Å². The molecule has 1 aliphatic carbocycles. The highest BCUT2D eigenvalue weighted by molar-refractivity contribution is 4.85. The Morgan fingerprint density at radius 1 is 1.33 bits per heavy atom. The van der Waals surface area contributed by atoms with Gasteiger partial charge in [0.05, 0.1) is 0 Å². The minimum absolute atomic E-state index is 0.496. The van der Waals surface area contributed by atoms with Gasteiger partial charge < -0.3 is 10.6 Å². The zero-order valence-electron chi connectivity index (χ0n) is 10.1. The fraction of sp³-hybridized carbons (Fsp3) is 1.00. The summed E-state index contributed by atoms with van der Waals surface area (Å²) in [5.41, 5.74) is 6.12. The molecule has 0 spiro atoms. The lowest BCUT2D eigenvalue weighted by Crippen LogP contribution is -2.30. The molecule has 88 valence electrons. The Balaban J connectivity index is 1.59. The SMILES string of the molecule is CCCC1CCN(CCC(N)C2CC2)C1. The first-order valence-corrected chi connectivity index (χ1v) is 6.77. The largest absolute Gasteiger partial charge is 0.327 e. The van der Waals surface area contributed by atoms with Gasteiger partial charge in [-0.25, -0.2) is 0 Å². The average molecular weight is 210 g/mol. The van der Waals surface area contributed by atoms with Gasteiger partial charge in [0.25, 0.3) is 0 Å². The van der Waals surface area contributed by atoms with Gasteiger partial charge in [-0.05, 0) is 57.0 Å². The smallest absolute Gasteiger partial charge is 0.00793 e. The van der Waals surface area contributed by atoms with Crippen LogP contribution in [0.4, 0.5) is 0 Å². The van der Waals surface area contributed by atoms with Crippen LogP contribution in [0.1, 0.15) is 45.4 Å². The molecule has 0 aromatic rings. The summed E-state index contributed by atoms with van der Waals surface area (Å²) in [7, 11) is 0. The van der Waals surface area contributed by atoms with Crippen LogP contribution in [0.25, 0.3) is 0 Å². The van der Waals surface area contributed by atoms with Crippen molar-refractivity contribution < 1.29 is 0 Å². The van der Waals surface area contributed by atoms with E-state index in [1.807, 2.05) is 0 Å². The highest BCUT2D eigenvalue weighted by Crippen LogP contribution is 2.33. The molecular formula is C13H26N2. The summed E-state index contributed by atoms with van der Waals surface area (Å²) < 4.78 is 0. The van der Waals surface area contributed by atoms with Gasteiger partial charge in [-0.2, -0.15) is 0 Å². The van der Waals surface area contributed by atoms with E-state index in [1.165, 1.54) is 58.2 Å². The van der Waals surface area contributed by atoms with E-state index in [1.54, 1.807) is 0 Å². The quantitative estimate of drug-likeness (QED) is 0.728. The van der Waals surface area contributed by atoms with Gasteiger partial charge in [0.1, 0.15) is 0 Å². The molecule has 0 radical (unpaired) electrons. The first kappa shape index (κ1) is 11.4. The fourth-order valence-electron chi connectivity index (χ4n) is 2.85. The first-order chi connectivity index (χ1) is 7.29. The van der Waals surface area contributed by atoms with E-state index < -0.39 is 0 Å². The second-order valence-electron chi connectivity index (χ2n) is 5.53. The number of hydrogen-bond donors (Lipinski definition) is 1. The molecule has 0 bridgehead atoms. The molecule has 1 saturated heterocycles. The van der Waals surface area contributed by atoms with Crippen LogP contribution in [0.3, 0.4) is 0 Å². The molecule has 2 N–H and O–H groups in total. The fourth-order valence-corrected chi connectivity index (χ4v) is 2.85. The lowest BCUT2D eigenvalue weighted by Gasteiger charge is -2.18. The van der Waals surface area contributed by atoms with Gasteiger partial charge in [-0.3, -0.25) is 0 Å². The van der Waals surface area contributed by atoms with Gasteiger partial charge in [0, 0.05) is 12.6 Å². The highest BCUT2D eigenvalue weighted by Gasteiger charge is 2.29. The number of hydrogen-bond acceptors (Lipinski definition) is 2. The van der Waals surface area contributed by atoms with Gasteiger partial charge in [0.15, 0.2) is 0 Å². The molecule has 1 heterocycles. The number of likely N-dealkylation sites (tertiary alicyclic amines) is 1. The van der Waals surface area contributed by atoms with Crippen molar-refractivity contribution in [1.29, 1.82) is 0 Å². The van der Waals surface area contributed by atoms with Crippen molar-refractivity contribution in [3.05, 3.63) is 0 Å². The second-order valence-corrected chi connectivity index (χ2v) is 5.53. The monoisotopic (exact) mass is 210 g/mol. The van der Waals surface area contributed by atoms with Crippen LogP contribution >= 0.6 is 0 Å². The molecular weight excluding hydrogens is 184 g/mol. The van der Waals surface area contributed by atoms with E-state index >= 15 is 0 Å². The van der Waals surface area contributed by atoms with Gasteiger partial charge >= 0.3 is 0 Å². The molecule has 2 unspecified atom stereocenters. The van der Waals surface area contributed by atoms with Crippen molar-refractivity contribution in [1.82, 2.24) is 4.90 Å². The molecule has 0 amide bonds. The van der Waals surface area contributed by atoms with E-state index in [9.17, 15) is 0 Å². The van der Waals surface area contributed by atoms with Crippen molar-refractivity contribution in [2.75, 3.05) is 19.6 Å². The molecule has 2 nitrogen and oxygen atoms in total. The minimum Gasteiger partial charge on any atom is -0.327 e. The summed E-state index contributed by atoms with van der Waals surface area (Å²) in [6, 6.07) is 0.496. The predicted molar refractivity (Wildman–Crippen MR) is 64.8 cm³/mol. The van der Waals surface area contributed by atoms with Crippen molar-refractivity contribution in [2.45, 2.75) is 51.5 Å². The Kier molecular flexibility index (Phi) is 4.04. The van der Waals surface area contributed by atoms with Crippen LogP contribution < -0.4 is 5.73 Å². The third-order valence-corrected chi connectivity index (χ3v) is 4.07. The number of nitrogens with zero attached hydrogens (tertiary/aromatic N) is 1. The molecule has 0 aromatic carbocycles. The third kappa shape index (κ3) is 3.46. The summed E-state index contributed by atoms with van der Waals surface area (Å²) in [6.45, 7) is 6.21. The highest BCUT2D eigenvalue weighted by atomic mass is 15.1. The maximum Gasteiger partial charge on any atom is 0.00793 e. The summed E-state index contributed by atoms with van der Waals surface area (Å²) in [4.78, 5) is 2.63. The lowest BCUT2D eigenvalue weighted by atomic mass is 10.0. The molecule has 2 aliphatic rings. The molecule has 2 heteroatoms. The van der Waals surface area contributed by atoms with Gasteiger partial charge in [0.2, 0.25) is 0 Å². The standard InChI is InChI=1S/C13H26N2/c1-2-3-11-6-8-15(10-11)9-7-13(14)12-4-5-12/h11-13H,2-10,14H2,1H3. The molecule has 1 aliphatic heterocycles. The minimum atomic E-state index is 0.496. The normalized spacial score (nSPS) is 29.6. The molecule has 1 saturated carbocycles. The van der Waals surface area contributed by atoms with Crippen LogP contribution in [0.15, 0.2) is 0 Å². The molecule has 2 atom stereocenters. The van der Waals surface area contributed by atoms with E-state index in [0.29, 0.717) is 6.04 Å². The maximum absolute atomic E-state index is 6.12. The summed E-state index contributed by atoms with van der Waals surface area (Å²) in [6.07, 6.45) is 8.19. The topological polar surface area (TPSA) is 29.3 Å². The van der Waals surface area contributed by atoms with E-state index in [0.717, 1.165) is 11.8 Å². The first-order valence-electron chi connectivity index (χ1n) is 6.77. The third-order valence-electron chi connectivity index (χ3n) is 4.07. The Bertz CT molecular complexity index is 189. The Labute approximate surface area is 94.2 Å². The van der Waals surface area contributed by atoms with Crippen molar-refractivity contribution in [3.8, 4) is 0 Å². The van der Waals surface area contributed by atoms with Crippen LogP contribution in [0.5, 0.6) is 0 Å². The van der Waals surface area contributed by atoms with Crippen LogP contribution in [-0.2, 0) is 0 Å². The summed E-state index contributed by atoms with van der Waals surface area (Å²) >= 11 is 0. The maximum atomic E-state index is 6.12. The van der Waals surface area contributed by atoms with Gasteiger partial charge in [-0.1, -0.05) is 13.3 Å². The van der Waals surface area contributed by atoms with E-state index in [-0.39, 0.29) is 0 Å². The predicted octanol–water partition coefficient (Wildman–Crippen LogP) is 2.24. The van der Waals surface area contributed by atoms with E-state index in [4.69, 9.17) is 5.73 Å². The Morgan fingerprint density at radius 3 is 2.80 bits per heavy atom. The van der Waals surface area contributed by atoms with Crippen molar-refractivity contribution >= 4 is 0 Å². The lowest BCUT2D eigenvalue weighted by molar-refractivity contribution is 0.300. The zero-order chi connectivity index (χ0) is 10.7. The summed E-state index contributed by atoms with van der Waals surface area (Å²) in [5, 5.41) is 0. The second kappa shape index (κ2) is 5.31. The molecule has 2 rings (SSSR count). The zero-order valence-corrected chi connectivity index (χ0v) is 10.1. The summed E-state index contributed by atoms with van der Waals surface area (Å²) in [5.74, 6) is 1.85. The Morgan fingerprint density at radius 2 is 2.13 bits per heavy atom. The molecule has 2 fully saturated rings. The molecule has 15 heavy (non-hydrogen) atoms. The molecule has 0 aromatic heterocycles. The van der Waals surface area contributed by atoms with Crippen molar-refractivity contribution in [3.63, 3.8) is 0 Å². The average Bonchev–Trinajstić information content (AvgIpc) is 2.98. The van der Waals surface area contributed by atoms with Gasteiger partial charge in [-0.15, -0.1) is 0 Å². The Hall–Kier alpha value is -0.0800. The van der Waals surface area contributed by atoms with Crippen LogP contribution in [0.2, 0.25) is 0 Å². The van der Waals surface area contributed by atoms with E-state index in [2.05, 4.69) is 11.8 Å².